The number of aromatic amines is 1. The number of esters is 1. The topological polar surface area (TPSA) is 59.2 Å². The van der Waals surface area contributed by atoms with Gasteiger partial charge >= 0.3 is 12.1 Å². The lowest BCUT2D eigenvalue weighted by Crippen LogP contribution is -2.23. The van der Waals surface area contributed by atoms with E-state index in [0.29, 0.717) is 6.07 Å². The molecule has 4 nitrogen and oxygen atoms in total. The molecule has 0 saturated carbocycles. The molecular formula is C10H10F3NO3. The summed E-state index contributed by atoms with van der Waals surface area (Å²) in [6, 6.07) is 1.69. The largest absolute Gasteiger partial charge is 0.466 e. The van der Waals surface area contributed by atoms with Crippen molar-refractivity contribution in [2.75, 3.05) is 6.61 Å². The van der Waals surface area contributed by atoms with E-state index < -0.39 is 23.3 Å². The normalized spacial score (nSPS) is 11.3. The van der Waals surface area contributed by atoms with E-state index in [9.17, 15) is 22.8 Å². The molecule has 94 valence electrons. The smallest absolute Gasteiger partial charge is 0.421 e. The van der Waals surface area contributed by atoms with Gasteiger partial charge in [0.15, 0.2) is 0 Å². The van der Waals surface area contributed by atoms with Gasteiger partial charge in [-0.3, -0.25) is 9.59 Å². The lowest BCUT2D eigenvalue weighted by molar-refractivity contribution is -0.142. The molecule has 0 saturated heterocycles. The number of rotatable bonds is 3. The zero-order valence-corrected chi connectivity index (χ0v) is 8.93. The molecule has 7 heteroatoms. The van der Waals surface area contributed by atoms with Crippen LogP contribution in [0.2, 0.25) is 0 Å². The Balaban J connectivity index is 2.90. The van der Waals surface area contributed by atoms with E-state index in [1.807, 2.05) is 4.98 Å². The second-order valence-electron chi connectivity index (χ2n) is 3.21. The molecule has 1 heterocycles. The Morgan fingerprint density at radius 2 is 2.06 bits per heavy atom. The van der Waals surface area contributed by atoms with Crippen molar-refractivity contribution in [3.8, 4) is 0 Å². The van der Waals surface area contributed by atoms with Crippen LogP contribution in [0.1, 0.15) is 18.2 Å². The highest BCUT2D eigenvalue weighted by atomic mass is 19.4. The number of hydrogen-bond acceptors (Lipinski definition) is 3. The fourth-order valence-corrected chi connectivity index (χ4v) is 1.21. The molecule has 1 aromatic rings. The van der Waals surface area contributed by atoms with Gasteiger partial charge in [-0.15, -0.1) is 0 Å². The zero-order valence-electron chi connectivity index (χ0n) is 8.93. The number of alkyl halides is 3. The van der Waals surface area contributed by atoms with Crippen molar-refractivity contribution in [1.29, 1.82) is 0 Å². The molecule has 0 fully saturated rings. The molecule has 0 amide bonds. The summed E-state index contributed by atoms with van der Waals surface area (Å²) in [5.41, 5.74) is -2.47. The molecule has 0 radical (unpaired) electrons. The van der Waals surface area contributed by atoms with Gasteiger partial charge in [0.2, 0.25) is 0 Å². The van der Waals surface area contributed by atoms with Crippen LogP contribution in [0, 0.1) is 0 Å². The number of hydrogen-bond donors (Lipinski definition) is 1. The molecule has 1 aromatic heterocycles. The van der Waals surface area contributed by atoms with Crippen LogP contribution >= 0.6 is 0 Å². The van der Waals surface area contributed by atoms with E-state index in [-0.39, 0.29) is 18.7 Å². The maximum absolute atomic E-state index is 12.3. The lowest BCUT2D eigenvalue weighted by atomic mass is 10.2. The van der Waals surface area contributed by atoms with Crippen LogP contribution in [0.5, 0.6) is 0 Å². The van der Waals surface area contributed by atoms with Crippen LogP contribution < -0.4 is 5.56 Å². The highest BCUT2D eigenvalue weighted by molar-refractivity contribution is 5.71. The van der Waals surface area contributed by atoms with Crippen LogP contribution in [-0.4, -0.2) is 17.6 Å². The first-order chi connectivity index (χ1) is 7.84. The molecule has 0 aromatic carbocycles. The van der Waals surface area contributed by atoms with Crippen LogP contribution in [0.4, 0.5) is 13.2 Å². The van der Waals surface area contributed by atoms with Gasteiger partial charge in [-0.25, -0.2) is 0 Å². The maximum atomic E-state index is 12.3. The molecule has 0 spiro atoms. The van der Waals surface area contributed by atoms with Gasteiger partial charge in [-0.1, -0.05) is 0 Å². The average Bonchev–Trinajstić information content (AvgIpc) is 2.15. The third-order valence-electron chi connectivity index (χ3n) is 1.92. The van der Waals surface area contributed by atoms with Crippen molar-refractivity contribution in [2.24, 2.45) is 0 Å². The summed E-state index contributed by atoms with van der Waals surface area (Å²) >= 11 is 0. The zero-order chi connectivity index (χ0) is 13.1. The first-order valence-electron chi connectivity index (χ1n) is 4.79. The van der Waals surface area contributed by atoms with Crippen molar-refractivity contribution in [3.05, 3.63) is 33.7 Å². The number of aromatic nitrogens is 1. The summed E-state index contributed by atoms with van der Waals surface area (Å²) in [5.74, 6) is -0.608. The van der Waals surface area contributed by atoms with E-state index in [0.717, 1.165) is 6.07 Å². The Morgan fingerprint density at radius 3 is 2.53 bits per heavy atom. The fraction of sp³-hybridized carbons (Fsp3) is 0.400. The average molecular weight is 249 g/mol. The van der Waals surface area contributed by atoms with Crippen LogP contribution in [0.25, 0.3) is 0 Å². The minimum absolute atomic E-state index is 0.0847. The third-order valence-corrected chi connectivity index (χ3v) is 1.92. The fourth-order valence-electron chi connectivity index (χ4n) is 1.21. The van der Waals surface area contributed by atoms with Gasteiger partial charge < -0.3 is 9.72 Å². The van der Waals surface area contributed by atoms with Crippen molar-refractivity contribution < 1.29 is 22.7 Å². The van der Waals surface area contributed by atoms with Gasteiger partial charge in [-0.05, 0) is 19.1 Å². The van der Waals surface area contributed by atoms with Gasteiger partial charge in [0.1, 0.15) is 5.56 Å². The Morgan fingerprint density at radius 1 is 1.41 bits per heavy atom. The first-order valence-corrected chi connectivity index (χ1v) is 4.79. The Kier molecular flexibility index (Phi) is 3.93. The number of pyridine rings is 1. The minimum Gasteiger partial charge on any atom is -0.466 e. The number of halogens is 3. The molecule has 0 aliphatic rings. The van der Waals surface area contributed by atoms with Crippen molar-refractivity contribution >= 4 is 5.97 Å². The number of carbonyl (C=O) groups is 1. The first kappa shape index (κ1) is 13.3. The van der Waals surface area contributed by atoms with Crippen LogP contribution in [0.15, 0.2) is 16.9 Å². The standard InChI is InChI=1S/C10H10F3NO3/c1-2-17-8(15)5-6-3-4-7(9(16)14-6)10(11,12)13/h3-4H,2,5H2,1H3,(H,14,16). The quantitative estimate of drug-likeness (QED) is 0.826. The molecule has 0 aliphatic carbocycles. The summed E-state index contributed by atoms with van der Waals surface area (Å²) in [6.07, 6.45) is -4.96. The summed E-state index contributed by atoms with van der Waals surface area (Å²) in [6.45, 7) is 1.77. The predicted octanol–water partition coefficient (Wildman–Crippen LogP) is 1.50. The molecule has 1 rings (SSSR count). The lowest BCUT2D eigenvalue weighted by Gasteiger charge is -2.06. The number of nitrogens with one attached hydrogen (secondary N) is 1. The molecule has 1 N–H and O–H groups in total. The second-order valence-corrected chi connectivity index (χ2v) is 3.21. The molecular weight excluding hydrogens is 239 g/mol. The Labute approximate surface area is 94.4 Å². The molecule has 0 atom stereocenters. The van der Waals surface area contributed by atoms with Crippen molar-refractivity contribution in [1.82, 2.24) is 4.98 Å². The SMILES string of the molecule is CCOC(=O)Cc1ccc(C(F)(F)F)c(=O)[nH]1. The van der Waals surface area contributed by atoms with Crippen molar-refractivity contribution in [3.63, 3.8) is 0 Å². The van der Waals surface area contributed by atoms with E-state index in [2.05, 4.69) is 4.74 Å². The molecule has 0 unspecified atom stereocenters. The van der Waals surface area contributed by atoms with E-state index in [1.165, 1.54) is 0 Å². The third kappa shape index (κ3) is 3.61. The highest BCUT2D eigenvalue weighted by Gasteiger charge is 2.33. The van der Waals surface area contributed by atoms with Gasteiger partial charge in [0.05, 0.1) is 13.0 Å². The van der Waals surface area contributed by atoms with E-state index in [4.69, 9.17) is 0 Å². The molecule has 17 heavy (non-hydrogen) atoms. The maximum Gasteiger partial charge on any atom is 0.421 e. The van der Waals surface area contributed by atoms with E-state index in [1.54, 1.807) is 6.92 Å². The van der Waals surface area contributed by atoms with E-state index >= 15 is 0 Å². The second kappa shape index (κ2) is 5.03. The predicted molar refractivity (Wildman–Crippen MR) is 52.4 cm³/mol. The number of ether oxygens (including phenoxy) is 1. The van der Waals surface area contributed by atoms with Crippen LogP contribution in [0.3, 0.4) is 0 Å². The molecule has 0 aliphatic heterocycles. The van der Waals surface area contributed by atoms with Gasteiger partial charge in [-0.2, -0.15) is 13.2 Å². The summed E-state index contributed by atoms with van der Waals surface area (Å²) in [4.78, 5) is 24.1. The van der Waals surface area contributed by atoms with Crippen LogP contribution in [-0.2, 0) is 22.1 Å². The Bertz CT molecular complexity index is 465. The summed E-state index contributed by atoms with van der Waals surface area (Å²) < 4.78 is 41.4. The van der Waals surface area contributed by atoms with Gasteiger partial charge in [0.25, 0.3) is 5.56 Å². The monoisotopic (exact) mass is 249 g/mol. The molecule has 0 bridgehead atoms. The minimum atomic E-state index is -4.70. The summed E-state index contributed by atoms with van der Waals surface area (Å²) in [5, 5.41) is 0. The number of carbonyl (C=O) groups excluding carboxylic acids is 1. The highest BCUT2D eigenvalue weighted by Crippen LogP contribution is 2.25. The van der Waals surface area contributed by atoms with Crippen molar-refractivity contribution in [2.45, 2.75) is 19.5 Å². The van der Waals surface area contributed by atoms with Gasteiger partial charge in [0, 0.05) is 5.69 Å². The Hall–Kier alpha value is -1.79. The number of H-pyrrole nitrogens is 1. The summed E-state index contributed by atoms with van der Waals surface area (Å²) in [7, 11) is 0.